The fourth-order valence-corrected chi connectivity index (χ4v) is 2.15. The van der Waals surface area contributed by atoms with Gasteiger partial charge in [-0.25, -0.2) is 0 Å². The number of nitrogens with one attached hydrogen (secondary N) is 1. The zero-order valence-electron chi connectivity index (χ0n) is 13.5. The number of aromatic nitrogens is 1. The van der Waals surface area contributed by atoms with Crippen molar-refractivity contribution in [3.63, 3.8) is 0 Å². The number of para-hydroxylation sites is 1. The fourth-order valence-electron chi connectivity index (χ4n) is 2.15. The van der Waals surface area contributed by atoms with Crippen molar-refractivity contribution in [2.24, 2.45) is 5.92 Å². The number of hydrogen-bond donors (Lipinski definition) is 1. The number of hydrogen-bond acceptors (Lipinski definition) is 3. The van der Waals surface area contributed by atoms with E-state index in [0.717, 1.165) is 11.4 Å². The average molecular weight is 298 g/mol. The van der Waals surface area contributed by atoms with Crippen molar-refractivity contribution < 1.29 is 9.53 Å². The lowest BCUT2D eigenvalue weighted by Gasteiger charge is -2.15. The van der Waals surface area contributed by atoms with Crippen LogP contribution in [0.15, 0.2) is 36.4 Å². The zero-order valence-corrected chi connectivity index (χ0v) is 13.5. The van der Waals surface area contributed by atoms with E-state index in [4.69, 9.17) is 4.74 Å². The highest BCUT2D eigenvalue weighted by molar-refractivity contribution is 6.07. The first-order valence-electron chi connectivity index (χ1n) is 7.45. The summed E-state index contributed by atoms with van der Waals surface area (Å²) in [5, 5.41) is 2.89. The maximum absolute atomic E-state index is 12.6. The first-order valence-corrected chi connectivity index (χ1v) is 7.45. The molecule has 116 valence electrons. The topological polar surface area (TPSA) is 51.2 Å². The summed E-state index contributed by atoms with van der Waals surface area (Å²) in [7, 11) is 0. The van der Waals surface area contributed by atoms with Crippen molar-refractivity contribution in [1.29, 1.82) is 0 Å². The van der Waals surface area contributed by atoms with Crippen LogP contribution in [0.4, 0.5) is 5.69 Å². The summed E-state index contributed by atoms with van der Waals surface area (Å²) in [5.74, 6) is 0.779. The maximum atomic E-state index is 12.6. The molecule has 0 unspecified atom stereocenters. The van der Waals surface area contributed by atoms with Crippen LogP contribution in [0.2, 0.25) is 0 Å². The third-order valence-corrected chi connectivity index (χ3v) is 3.12. The van der Waals surface area contributed by atoms with Crippen molar-refractivity contribution in [2.45, 2.75) is 27.7 Å². The molecule has 1 amide bonds. The fraction of sp³-hybridized carbons (Fsp3) is 0.333. The summed E-state index contributed by atoms with van der Waals surface area (Å²) < 4.78 is 5.82. The molecule has 1 aromatic carbocycles. The van der Waals surface area contributed by atoms with Gasteiger partial charge >= 0.3 is 0 Å². The Morgan fingerprint density at radius 3 is 2.55 bits per heavy atom. The van der Waals surface area contributed by atoms with Crippen molar-refractivity contribution in [1.82, 2.24) is 4.98 Å². The lowest BCUT2D eigenvalue weighted by atomic mass is 10.1. The summed E-state index contributed by atoms with van der Waals surface area (Å²) in [6, 6.07) is 11.2. The molecule has 1 heterocycles. The number of ether oxygens (including phenoxy) is 1. The minimum Gasteiger partial charge on any atom is -0.492 e. The average Bonchev–Trinajstić information content (AvgIpc) is 2.45. The molecule has 0 bridgehead atoms. The van der Waals surface area contributed by atoms with Crippen LogP contribution in [0, 0.1) is 19.8 Å². The molecule has 0 atom stereocenters. The van der Waals surface area contributed by atoms with E-state index >= 15 is 0 Å². The van der Waals surface area contributed by atoms with Gasteiger partial charge < -0.3 is 10.1 Å². The lowest BCUT2D eigenvalue weighted by Crippen LogP contribution is -2.17. The third kappa shape index (κ3) is 4.07. The monoisotopic (exact) mass is 298 g/mol. The van der Waals surface area contributed by atoms with Crippen LogP contribution in [0.1, 0.15) is 35.6 Å². The molecule has 1 N–H and O–H groups in total. The van der Waals surface area contributed by atoms with Gasteiger partial charge in [-0.15, -0.1) is 0 Å². The molecule has 4 heteroatoms. The number of anilines is 1. The molecule has 0 fully saturated rings. The number of benzene rings is 1. The predicted octanol–water partition coefficient (Wildman–Crippen LogP) is 3.99. The summed E-state index contributed by atoms with van der Waals surface area (Å²) in [5.41, 5.74) is 2.76. The number of pyridine rings is 1. The van der Waals surface area contributed by atoms with Gasteiger partial charge in [0.2, 0.25) is 0 Å². The van der Waals surface area contributed by atoms with Crippen molar-refractivity contribution in [3.8, 4) is 5.75 Å². The highest BCUT2D eigenvalue weighted by Gasteiger charge is 2.18. The van der Waals surface area contributed by atoms with Crippen LogP contribution < -0.4 is 10.1 Å². The number of rotatable bonds is 5. The van der Waals surface area contributed by atoms with Gasteiger partial charge in [0.15, 0.2) is 0 Å². The Kier molecular flexibility index (Phi) is 5.15. The molecular weight excluding hydrogens is 276 g/mol. The first kappa shape index (κ1) is 16.0. The SMILES string of the molecule is Cc1cc(OCC(C)C)c(C(=O)Nc2ccccc2)c(C)n1. The van der Waals surface area contributed by atoms with Gasteiger partial charge in [-0.2, -0.15) is 0 Å². The zero-order chi connectivity index (χ0) is 16.1. The van der Waals surface area contributed by atoms with E-state index in [1.807, 2.05) is 50.2 Å². The van der Waals surface area contributed by atoms with E-state index < -0.39 is 0 Å². The molecule has 0 aliphatic rings. The van der Waals surface area contributed by atoms with E-state index in [0.29, 0.717) is 29.5 Å². The first-order chi connectivity index (χ1) is 10.5. The van der Waals surface area contributed by atoms with Crippen LogP contribution in [-0.2, 0) is 0 Å². The smallest absolute Gasteiger partial charge is 0.261 e. The van der Waals surface area contributed by atoms with Gasteiger partial charge in [-0.05, 0) is 31.9 Å². The van der Waals surface area contributed by atoms with E-state index in [2.05, 4.69) is 24.1 Å². The molecule has 22 heavy (non-hydrogen) atoms. The van der Waals surface area contributed by atoms with Crippen molar-refractivity contribution >= 4 is 11.6 Å². The summed E-state index contributed by atoms with van der Waals surface area (Å²) in [6.07, 6.45) is 0. The second-order valence-electron chi connectivity index (χ2n) is 5.75. The standard InChI is InChI=1S/C18H22N2O2/c1-12(2)11-22-16-10-13(3)19-14(4)17(16)18(21)20-15-8-6-5-7-9-15/h5-10,12H,11H2,1-4H3,(H,20,21). The molecule has 0 radical (unpaired) electrons. The number of aryl methyl sites for hydroxylation is 2. The van der Waals surface area contributed by atoms with E-state index in [9.17, 15) is 4.79 Å². The Balaban J connectivity index is 2.29. The Bertz CT molecular complexity index is 652. The summed E-state index contributed by atoms with van der Waals surface area (Å²) in [6.45, 7) is 8.44. The maximum Gasteiger partial charge on any atom is 0.261 e. The van der Waals surface area contributed by atoms with Crippen LogP contribution in [-0.4, -0.2) is 17.5 Å². The highest BCUT2D eigenvalue weighted by Crippen LogP contribution is 2.24. The minimum absolute atomic E-state index is 0.199. The van der Waals surface area contributed by atoms with Crippen LogP contribution in [0.5, 0.6) is 5.75 Å². The van der Waals surface area contributed by atoms with Gasteiger partial charge in [0.25, 0.3) is 5.91 Å². The molecule has 4 nitrogen and oxygen atoms in total. The lowest BCUT2D eigenvalue weighted by molar-refractivity contribution is 0.102. The molecule has 0 saturated heterocycles. The number of carbonyl (C=O) groups excluding carboxylic acids is 1. The summed E-state index contributed by atoms with van der Waals surface area (Å²) in [4.78, 5) is 17.0. The molecular formula is C18H22N2O2. The second kappa shape index (κ2) is 7.07. The predicted molar refractivity (Wildman–Crippen MR) is 88.4 cm³/mol. The van der Waals surface area contributed by atoms with Gasteiger partial charge in [-0.1, -0.05) is 32.0 Å². The van der Waals surface area contributed by atoms with Gasteiger partial charge in [0.05, 0.1) is 12.3 Å². The Hall–Kier alpha value is -2.36. The van der Waals surface area contributed by atoms with E-state index in [1.54, 1.807) is 0 Å². The highest BCUT2D eigenvalue weighted by atomic mass is 16.5. The molecule has 0 aliphatic heterocycles. The molecule has 0 aliphatic carbocycles. The quantitative estimate of drug-likeness (QED) is 0.908. The van der Waals surface area contributed by atoms with Gasteiger partial charge in [0.1, 0.15) is 11.3 Å². The Labute approximate surface area is 131 Å². The van der Waals surface area contributed by atoms with Crippen LogP contribution >= 0.6 is 0 Å². The Morgan fingerprint density at radius 1 is 1.23 bits per heavy atom. The van der Waals surface area contributed by atoms with E-state index in [1.165, 1.54) is 0 Å². The van der Waals surface area contributed by atoms with Gasteiger partial charge in [0, 0.05) is 17.4 Å². The minimum atomic E-state index is -0.199. The second-order valence-corrected chi connectivity index (χ2v) is 5.75. The van der Waals surface area contributed by atoms with Gasteiger partial charge in [-0.3, -0.25) is 9.78 Å². The molecule has 1 aromatic heterocycles. The molecule has 0 saturated carbocycles. The molecule has 2 aromatic rings. The normalized spacial score (nSPS) is 10.6. The van der Waals surface area contributed by atoms with Crippen LogP contribution in [0.3, 0.4) is 0 Å². The molecule has 2 rings (SSSR count). The van der Waals surface area contributed by atoms with Crippen molar-refractivity contribution in [2.75, 3.05) is 11.9 Å². The largest absolute Gasteiger partial charge is 0.492 e. The Morgan fingerprint density at radius 2 is 1.91 bits per heavy atom. The van der Waals surface area contributed by atoms with E-state index in [-0.39, 0.29) is 5.91 Å². The van der Waals surface area contributed by atoms with Crippen molar-refractivity contribution in [3.05, 3.63) is 53.3 Å². The third-order valence-electron chi connectivity index (χ3n) is 3.12. The van der Waals surface area contributed by atoms with Crippen LogP contribution in [0.25, 0.3) is 0 Å². The number of carbonyl (C=O) groups is 1. The molecule has 0 spiro atoms. The summed E-state index contributed by atoms with van der Waals surface area (Å²) >= 11 is 0. The number of amides is 1. The number of nitrogens with zero attached hydrogens (tertiary/aromatic N) is 1.